The van der Waals surface area contributed by atoms with Crippen LogP contribution in [0.5, 0.6) is 5.75 Å². The fourth-order valence-electron chi connectivity index (χ4n) is 2.39. The monoisotopic (exact) mass is 307 g/mol. The molecule has 1 atom stereocenters. The van der Waals surface area contributed by atoms with Gasteiger partial charge in [-0.25, -0.2) is 0 Å². The van der Waals surface area contributed by atoms with Crippen molar-refractivity contribution < 1.29 is 14.5 Å². The van der Waals surface area contributed by atoms with Gasteiger partial charge in [0.15, 0.2) is 11.9 Å². The van der Waals surface area contributed by atoms with Gasteiger partial charge in [-0.15, -0.1) is 0 Å². The zero-order valence-corrected chi connectivity index (χ0v) is 13.2. The van der Waals surface area contributed by atoms with Crippen LogP contribution in [0, 0.1) is 16.0 Å². The number of hydrogen-bond donors (Lipinski definition) is 1. The Balaban J connectivity index is 2.50. The Morgan fingerprint density at radius 2 is 2.09 bits per heavy atom. The van der Waals surface area contributed by atoms with Crippen LogP contribution in [-0.2, 0) is 4.79 Å². The van der Waals surface area contributed by atoms with E-state index in [0.29, 0.717) is 18.0 Å². The van der Waals surface area contributed by atoms with E-state index in [9.17, 15) is 14.9 Å². The molecule has 1 aliphatic rings. The SMILES string of the molecule is CC(C)C1Oc2cc([N+](=O)[O-])ccc2N(CC(C)(C)N)C1=O. The number of nitrogens with two attached hydrogens (primary N) is 1. The number of hydrogen-bond acceptors (Lipinski definition) is 5. The van der Waals surface area contributed by atoms with E-state index < -0.39 is 16.6 Å². The molecule has 120 valence electrons. The summed E-state index contributed by atoms with van der Waals surface area (Å²) < 4.78 is 5.70. The Labute approximate surface area is 129 Å². The molecule has 0 saturated heterocycles. The number of nitro groups is 1. The van der Waals surface area contributed by atoms with E-state index in [1.165, 1.54) is 18.2 Å². The van der Waals surface area contributed by atoms with Crippen LogP contribution >= 0.6 is 0 Å². The summed E-state index contributed by atoms with van der Waals surface area (Å²) in [6.45, 7) is 7.70. The van der Waals surface area contributed by atoms with Gasteiger partial charge in [0.25, 0.3) is 11.6 Å². The maximum atomic E-state index is 12.6. The molecule has 1 aromatic carbocycles. The number of non-ortho nitro benzene ring substituents is 1. The normalized spacial score (nSPS) is 18.2. The van der Waals surface area contributed by atoms with Gasteiger partial charge in [-0.3, -0.25) is 14.9 Å². The maximum Gasteiger partial charge on any atom is 0.273 e. The number of benzene rings is 1. The van der Waals surface area contributed by atoms with Crippen molar-refractivity contribution in [2.24, 2.45) is 11.7 Å². The van der Waals surface area contributed by atoms with Crippen molar-refractivity contribution in [3.8, 4) is 5.75 Å². The molecule has 0 radical (unpaired) electrons. The number of fused-ring (bicyclic) bond motifs is 1. The lowest BCUT2D eigenvalue weighted by atomic mass is 10.00. The van der Waals surface area contributed by atoms with E-state index in [2.05, 4.69) is 0 Å². The van der Waals surface area contributed by atoms with Crippen molar-refractivity contribution in [2.45, 2.75) is 39.3 Å². The lowest BCUT2D eigenvalue weighted by Gasteiger charge is -2.38. The molecule has 0 fully saturated rings. The van der Waals surface area contributed by atoms with Crippen LogP contribution in [0.1, 0.15) is 27.7 Å². The van der Waals surface area contributed by atoms with Crippen LogP contribution in [0.4, 0.5) is 11.4 Å². The van der Waals surface area contributed by atoms with Gasteiger partial charge in [0, 0.05) is 18.2 Å². The molecule has 1 heterocycles. The average molecular weight is 307 g/mol. The van der Waals surface area contributed by atoms with Gasteiger partial charge in [-0.2, -0.15) is 0 Å². The Bertz CT molecular complexity index is 607. The molecule has 0 bridgehead atoms. The Morgan fingerprint density at radius 1 is 1.45 bits per heavy atom. The van der Waals surface area contributed by atoms with Gasteiger partial charge in [0.1, 0.15) is 0 Å². The molecule has 0 spiro atoms. The number of amides is 1. The number of rotatable bonds is 4. The first-order valence-corrected chi connectivity index (χ1v) is 7.15. The highest BCUT2D eigenvalue weighted by Crippen LogP contribution is 2.38. The summed E-state index contributed by atoms with van der Waals surface area (Å²) in [6, 6.07) is 4.25. The van der Waals surface area contributed by atoms with Crippen molar-refractivity contribution in [1.82, 2.24) is 0 Å². The molecule has 1 aliphatic heterocycles. The Morgan fingerprint density at radius 3 is 2.59 bits per heavy atom. The number of carbonyl (C=O) groups is 1. The van der Waals surface area contributed by atoms with Crippen molar-refractivity contribution in [3.05, 3.63) is 28.3 Å². The quantitative estimate of drug-likeness (QED) is 0.678. The number of nitro benzene ring substituents is 1. The van der Waals surface area contributed by atoms with Crippen LogP contribution < -0.4 is 15.4 Å². The number of carbonyl (C=O) groups excluding carboxylic acids is 1. The lowest BCUT2D eigenvalue weighted by Crippen LogP contribution is -2.54. The third-order valence-electron chi connectivity index (χ3n) is 3.38. The molecule has 2 N–H and O–H groups in total. The lowest BCUT2D eigenvalue weighted by molar-refractivity contribution is -0.384. The number of anilines is 1. The van der Waals surface area contributed by atoms with E-state index in [1.807, 2.05) is 27.7 Å². The van der Waals surface area contributed by atoms with E-state index in [4.69, 9.17) is 10.5 Å². The molecular weight excluding hydrogens is 286 g/mol. The second kappa shape index (κ2) is 5.57. The summed E-state index contributed by atoms with van der Waals surface area (Å²) in [5, 5.41) is 10.9. The first-order valence-electron chi connectivity index (χ1n) is 7.15. The summed E-state index contributed by atoms with van der Waals surface area (Å²) in [6.07, 6.45) is -0.670. The largest absolute Gasteiger partial charge is 0.478 e. The van der Waals surface area contributed by atoms with Crippen molar-refractivity contribution in [1.29, 1.82) is 0 Å². The predicted octanol–water partition coefficient (Wildman–Crippen LogP) is 2.08. The highest BCUT2D eigenvalue weighted by atomic mass is 16.6. The molecule has 7 nitrogen and oxygen atoms in total. The Hall–Kier alpha value is -2.15. The molecule has 0 aliphatic carbocycles. The van der Waals surface area contributed by atoms with Crippen LogP contribution in [0.2, 0.25) is 0 Å². The van der Waals surface area contributed by atoms with Crippen LogP contribution in [-0.4, -0.2) is 29.0 Å². The molecule has 22 heavy (non-hydrogen) atoms. The van der Waals surface area contributed by atoms with Crippen LogP contribution in [0.25, 0.3) is 0 Å². The summed E-state index contributed by atoms with van der Waals surface area (Å²) in [4.78, 5) is 24.6. The number of nitrogens with zero attached hydrogens (tertiary/aromatic N) is 2. The summed E-state index contributed by atoms with van der Waals surface area (Å²) in [7, 11) is 0. The average Bonchev–Trinajstić information content (AvgIpc) is 2.39. The van der Waals surface area contributed by atoms with E-state index in [-0.39, 0.29) is 17.5 Å². The minimum absolute atomic E-state index is 0.0525. The third-order valence-corrected chi connectivity index (χ3v) is 3.38. The molecule has 2 rings (SSSR count). The number of ether oxygens (including phenoxy) is 1. The Kier molecular flexibility index (Phi) is 4.10. The van der Waals surface area contributed by atoms with Gasteiger partial charge >= 0.3 is 0 Å². The molecule has 0 saturated carbocycles. The highest BCUT2D eigenvalue weighted by Gasteiger charge is 2.38. The van der Waals surface area contributed by atoms with Crippen molar-refractivity contribution >= 4 is 17.3 Å². The van der Waals surface area contributed by atoms with Crippen LogP contribution in [0.3, 0.4) is 0 Å². The standard InChI is InChI=1S/C15H21N3O4/c1-9(2)13-14(19)17(8-15(3,4)16)11-6-5-10(18(20)21)7-12(11)22-13/h5-7,9,13H,8,16H2,1-4H3. The molecule has 7 heteroatoms. The fraction of sp³-hybridized carbons (Fsp3) is 0.533. The topological polar surface area (TPSA) is 98.7 Å². The minimum atomic E-state index is -0.670. The van der Waals surface area contributed by atoms with Gasteiger partial charge in [0.05, 0.1) is 16.7 Å². The van der Waals surface area contributed by atoms with Gasteiger partial charge in [0.2, 0.25) is 0 Å². The van der Waals surface area contributed by atoms with Gasteiger partial charge in [-0.05, 0) is 25.8 Å². The highest BCUT2D eigenvalue weighted by molar-refractivity contribution is 6.00. The minimum Gasteiger partial charge on any atom is -0.478 e. The molecule has 1 aromatic rings. The van der Waals surface area contributed by atoms with Gasteiger partial charge in [-0.1, -0.05) is 13.8 Å². The molecule has 1 amide bonds. The molecular formula is C15H21N3O4. The molecule has 0 aromatic heterocycles. The second-order valence-corrected chi connectivity index (χ2v) is 6.60. The van der Waals surface area contributed by atoms with Crippen molar-refractivity contribution in [3.63, 3.8) is 0 Å². The summed E-state index contributed by atoms with van der Waals surface area (Å²) >= 11 is 0. The van der Waals surface area contributed by atoms with E-state index >= 15 is 0 Å². The van der Waals surface area contributed by atoms with E-state index in [0.717, 1.165) is 0 Å². The zero-order chi connectivity index (χ0) is 16.7. The van der Waals surface area contributed by atoms with Crippen molar-refractivity contribution in [2.75, 3.05) is 11.4 Å². The smallest absolute Gasteiger partial charge is 0.273 e. The summed E-state index contributed by atoms with van der Waals surface area (Å²) in [5.74, 6) is 0.120. The van der Waals surface area contributed by atoms with Gasteiger partial charge < -0.3 is 15.4 Å². The first kappa shape index (κ1) is 16.2. The van der Waals surface area contributed by atoms with Crippen LogP contribution in [0.15, 0.2) is 18.2 Å². The first-order chi connectivity index (χ1) is 10.1. The predicted molar refractivity (Wildman–Crippen MR) is 83.0 cm³/mol. The third kappa shape index (κ3) is 3.19. The second-order valence-electron chi connectivity index (χ2n) is 6.60. The maximum absolute atomic E-state index is 12.6. The fourth-order valence-corrected chi connectivity index (χ4v) is 2.39. The molecule has 1 unspecified atom stereocenters. The summed E-state index contributed by atoms with van der Waals surface area (Å²) in [5.41, 5.74) is 5.91. The zero-order valence-electron chi connectivity index (χ0n) is 13.2. The van der Waals surface area contributed by atoms with E-state index in [1.54, 1.807) is 4.90 Å².